The molecule has 2 aliphatic rings. The molecule has 0 radical (unpaired) electrons. The first-order chi connectivity index (χ1) is 15.5. The molecule has 4 rings (SSSR count). The largest absolute Gasteiger partial charge is 0.491 e. The maximum absolute atomic E-state index is 12.3. The lowest BCUT2D eigenvalue weighted by Crippen LogP contribution is -2.47. The third kappa shape index (κ3) is 6.87. The minimum absolute atomic E-state index is 0.111. The van der Waals surface area contributed by atoms with Crippen LogP contribution in [0.3, 0.4) is 0 Å². The van der Waals surface area contributed by atoms with E-state index in [9.17, 15) is 9.90 Å². The van der Waals surface area contributed by atoms with Crippen LogP contribution in [0, 0.1) is 12.8 Å². The van der Waals surface area contributed by atoms with Crippen LogP contribution in [-0.2, 0) is 0 Å². The van der Waals surface area contributed by atoms with E-state index in [1.807, 2.05) is 49.4 Å². The maximum atomic E-state index is 12.3. The van der Waals surface area contributed by atoms with Gasteiger partial charge in [0, 0.05) is 50.6 Å². The lowest BCUT2D eigenvalue weighted by Gasteiger charge is -2.36. The van der Waals surface area contributed by atoms with Crippen molar-refractivity contribution in [3.63, 3.8) is 0 Å². The molecule has 2 aromatic rings. The van der Waals surface area contributed by atoms with Crippen LogP contribution in [0.2, 0.25) is 0 Å². The second-order valence-electron chi connectivity index (χ2n) is 8.90. The number of hydrogen-bond donors (Lipinski definition) is 3. The lowest BCUT2D eigenvalue weighted by atomic mass is 10.2. The Kier molecular flexibility index (Phi) is 7.50. The normalized spacial score (nSPS) is 17.6. The number of carbonyl (C=O) groups excluding carboxylic acids is 1. The quantitative estimate of drug-likeness (QED) is 0.561. The Morgan fingerprint density at radius 2 is 1.91 bits per heavy atom. The Hall–Kier alpha value is -2.77. The van der Waals surface area contributed by atoms with Gasteiger partial charge in [-0.2, -0.15) is 0 Å². The van der Waals surface area contributed by atoms with E-state index in [0.29, 0.717) is 5.75 Å². The van der Waals surface area contributed by atoms with E-state index in [2.05, 4.69) is 26.5 Å². The third-order valence-corrected chi connectivity index (χ3v) is 5.98. The summed E-state index contributed by atoms with van der Waals surface area (Å²) < 4.78 is 5.58. The van der Waals surface area contributed by atoms with Crippen molar-refractivity contribution in [1.29, 1.82) is 0 Å². The van der Waals surface area contributed by atoms with Crippen molar-refractivity contribution in [3.05, 3.63) is 54.1 Å². The molecule has 1 saturated heterocycles. The molecule has 1 heterocycles. The van der Waals surface area contributed by atoms with Gasteiger partial charge in [0.25, 0.3) is 0 Å². The Morgan fingerprint density at radius 3 is 2.66 bits per heavy atom. The van der Waals surface area contributed by atoms with Crippen molar-refractivity contribution in [3.8, 4) is 5.75 Å². The second kappa shape index (κ2) is 10.7. The van der Waals surface area contributed by atoms with E-state index in [-0.39, 0.29) is 19.2 Å². The standard InChI is InChI=1S/C25H34N4O3/c1-19-4-2-7-24(14-19)32-18-23(30)16-26-25(31)27-21-5-3-6-22(15-21)29-12-10-28(11-13-29)17-20-8-9-20/h2-7,14-15,20,23,30H,8-13,16-18H2,1H3,(H2,26,27,31). The minimum Gasteiger partial charge on any atom is -0.491 e. The molecular weight excluding hydrogens is 404 g/mol. The Balaban J connectivity index is 1.19. The zero-order valence-electron chi connectivity index (χ0n) is 18.8. The van der Waals surface area contributed by atoms with Gasteiger partial charge in [-0.25, -0.2) is 4.79 Å². The number of benzene rings is 2. The van der Waals surface area contributed by atoms with Crippen molar-refractivity contribution in [2.45, 2.75) is 25.9 Å². The Morgan fingerprint density at radius 1 is 1.12 bits per heavy atom. The number of hydrogen-bond acceptors (Lipinski definition) is 5. The van der Waals surface area contributed by atoms with Gasteiger partial charge in [0.2, 0.25) is 0 Å². The van der Waals surface area contributed by atoms with Gasteiger partial charge in [-0.15, -0.1) is 0 Å². The fourth-order valence-corrected chi connectivity index (χ4v) is 3.98. The van der Waals surface area contributed by atoms with Gasteiger partial charge in [0.15, 0.2) is 0 Å². The van der Waals surface area contributed by atoms with Gasteiger partial charge < -0.3 is 25.4 Å². The molecular formula is C25H34N4O3. The van der Waals surface area contributed by atoms with E-state index in [0.717, 1.165) is 49.0 Å². The maximum Gasteiger partial charge on any atom is 0.319 e. The van der Waals surface area contributed by atoms with E-state index in [1.165, 1.54) is 19.4 Å². The highest BCUT2D eigenvalue weighted by Gasteiger charge is 2.26. The van der Waals surface area contributed by atoms with Crippen LogP contribution in [-0.4, -0.2) is 68.0 Å². The number of ether oxygens (including phenoxy) is 1. The highest BCUT2D eigenvalue weighted by atomic mass is 16.5. The van der Waals surface area contributed by atoms with Crippen LogP contribution in [0.1, 0.15) is 18.4 Å². The highest BCUT2D eigenvalue weighted by molar-refractivity contribution is 5.89. The molecule has 1 aliphatic carbocycles. The first kappa shape index (κ1) is 22.4. The average molecular weight is 439 g/mol. The highest BCUT2D eigenvalue weighted by Crippen LogP contribution is 2.30. The van der Waals surface area contributed by atoms with Crippen molar-refractivity contribution in [2.24, 2.45) is 5.92 Å². The summed E-state index contributed by atoms with van der Waals surface area (Å²) >= 11 is 0. The molecule has 0 spiro atoms. The predicted octanol–water partition coefficient (Wildman–Crippen LogP) is 3.09. The number of rotatable bonds is 9. The van der Waals surface area contributed by atoms with E-state index >= 15 is 0 Å². The Bertz CT molecular complexity index is 894. The SMILES string of the molecule is Cc1cccc(OCC(O)CNC(=O)Nc2cccc(N3CCN(CC4CC4)CC3)c2)c1. The summed E-state index contributed by atoms with van der Waals surface area (Å²) in [6.07, 6.45) is 2.00. The summed E-state index contributed by atoms with van der Waals surface area (Å²) in [5, 5.41) is 15.7. The smallest absolute Gasteiger partial charge is 0.319 e. The van der Waals surface area contributed by atoms with Gasteiger partial charge >= 0.3 is 6.03 Å². The topological polar surface area (TPSA) is 77.1 Å². The molecule has 0 aromatic heterocycles. The molecule has 32 heavy (non-hydrogen) atoms. The lowest BCUT2D eigenvalue weighted by molar-refractivity contribution is 0.108. The van der Waals surface area contributed by atoms with Crippen LogP contribution >= 0.6 is 0 Å². The minimum atomic E-state index is -0.792. The molecule has 0 bridgehead atoms. The third-order valence-electron chi connectivity index (χ3n) is 5.98. The number of nitrogens with one attached hydrogen (secondary N) is 2. The zero-order valence-corrected chi connectivity index (χ0v) is 18.8. The van der Waals surface area contributed by atoms with Crippen LogP contribution in [0.4, 0.5) is 16.2 Å². The van der Waals surface area contributed by atoms with Crippen LogP contribution in [0.5, 0.6) is 5.75 Å². The average Bonchev–Trinajstić information content (AvgIpc) is 3.61. The first-order valence-electron chi connectivity index (χ1n) is 11.5. The monoisotopic (exact) mass is 438 g/mol. The molecule has 7 nitrogen and oxygen atoms in total. The van der Waals surface area contributed by atoms with Gasteiger partial charge in [0.1, 0.15) is 18.5 Å². The number of aliphatic hydroxyl groups excluding tert-OH is 1. The van der Waals surface area contributed by atoms with Crippen molar-refractivity contribution in [2.75, 3.05) is 56.1 Å². The molecule has 1 atom stereocenters. The van der Waals surface area contributed by atoms with Crippen molar-refractivity contribution >= 4 is 17.4 Å². The second-order valence-corrected chi connectivity index (χ2v) is 8.90. The van der Waals surface area contributed by atoms with Crippen LogP contribution in [0.15, 0.2) is 48.5 Å². The number of amides is 2. The Labute approximate surface area is 190 Å². The van der Waals surface area contributed by atoms with E-state index in [1.54, 1.807) is 0 Å². The van der Waals surface area contributed by atoms with E-state index < -0.39 is 6.10 Å². The molecule has 7 heteroatoms. The molecule has 172 valence electrons. The van der Waals surface area contributed by atoms with E-state index in [4.69, 9.17) is 4.74 Å². The number of aryl methyl sites for hydroxylation is 1. The number of piperazine rings is 1. The number of carbonyl (C=O) groups is 1. The number of urea groups is 1. The molecule has 1 unspecified atom stereocenters. The number of anilines is 2. The van der Waals surface area contributed by atoms with Crippen LogP contribution < -0.4 is 20.3 Å². The summed E-state index contributed by atoms with van der Waals surface area (Å²) in [5.74, 6) is 1.64. The fraction of sp³-hybridized carbons (Fsp3) is 0.480. The number of nitrogens with zero attached hydrogens (tertiary/aromatic N) is 2. The predicted molar refractivity (Wildman–Crippen MR) is 128 cm³/mol. The van der Waals surface area contributed by atoms with Crippen molar-refractivity contribution in [1.82, 2.24) is 10.2 Å². The van der Waals surface area contributed by atoms with Crippen LogP contribution in [0.25, 0.3) is 0 Å². The summed E-state index contributed by atoms with van der Waals surface area (Å²) in [7, 11) is 0. The number of aliphatic hydroxyl groups is 1. The molecule has 1 saturated carbocycles. The zero-order chi connectivity index (χ0) is 22.3. The summed E-state index contributed by atoms with van der Waals surface area (Å²) in [6, 6.07) is 15.2. The molecule has 2 fully saturated rings. The summed E-state index contributed by atoms with van der Waals surface area (Å²) in [5.41, 5.74) is 2.96. The molecule has 1 aliphatic heterocycles. The molecule has 2 amide bonds. The van der Waals surface area contributed by atoms with Gasteiger partial charge in [-0.05, 0) is 61.6 Å². The summed E-state index contributed by atoms with van der Waals surface area (Å²) in [4.78, 5) is 17.2. The van der Waals surface area contributed by atoms with Gasteiger partial charge in [-0.3, -0.25) is 4.90 Å². The van der Waals surface area contributed by atoms with Gasteiger partial charge in [0.05, 0.1) is 0 Å². The fourth-order valence-electron chi connectivity index (χ4n) is 3.98. The molecule has 3 N–H and O–H groups in total. The first-order valence-corrected chi connectivity index (χ1v) is 11.5. The van der Waals surface area contributed by atoms with Gasteiger partial charge in [-0.1, -0.05) is 18.2 Å². The van der Waals surface area contributed by atoms with Crippen molar-refractivity contribution < 1.29 is 14.6 Å². The summed E-state index contributed by atoms with van der Waals surface area (Å²) in [6.45, 7) is 7.67. The molecule has 2 aromatic carbocycles.